The predicted octanol–water partition coefficient (Wildman–Crippen LogP) is 1.62. The number of likely N-dealkylation sites (N-methyl/N-ethyl adjacent to an activating group) is 1. The van der Waals surface area contributed by atoms with Crippen LogP contribution in [0.2, 0.25) is 0 Å². The molecular formula is C18H22FN3O2S. The average molecular weight is 363 g/mol. The summed E-state index contributed by atoms with van der Waals surface area (Å²) in [6.45, 7) is 0. The standard InChI is InChI=1S/C18H22FN3O2S/c1-21-18(24)16(8-12-6-7-25-11-12)22-17(23)10-14(20)9-13-4-2-3-5-15(13)19/h2-7,11,14,16H,8-10,20H2,1H3,(H,21,24)(H,22,23)/t14-,16-/m1/s1. The molecule has 2 rings (SSSR count). The zero-order valence-electron chi connectivity index (χ0n) is 14.0. The first-order valence-corrected chi connectivity index (χ1v) is 8.95. The van der Waals surface area contributed by atoms with Crippen LogP contribution in [0.25, 0.3) is 0 Å². The normalized spacial score (nSPS) is 13.1. The Morgan fingerprint density at radius 2 is 2.00 bits per heavy atom. The van der Waals surface area contributed by atoms with Gasteiger partial charge in [-0.1, -0.05) is 18.2 Å². The highest BCUT2D eigenvalue weighted by atomic mass is 32.1. The zero-order chi connectivity index (χ0) is 18.2. The predicted molar refractivity (Wildman–Crippen MR) is 96.7 cm³/mol. The Balaban J connectivity index is 1.91. The molecule has 1 heterocycles. The summed E-state index contributed by atoms with van der Waals surface area (Å²) in [5, 5.41) is 9.13. The number of halogens is 1. The summed E-state index contributed by atoms with van der Waals surface area (Å²) in [5.74, 6) is -0.922. The summed E-state index contributed by atoms with van der Waals surface area (Å²) in [7, 11) is 1.53. The number of nitrogens with one attached hydrogen (secondary N) is 2. The van der Waals surface area contributed by atoms with Crippen LogP contribution in [0.3, 0.4) is 0 Å². The van der Waals surface area contributed by atoms with Gasteiger partial charge in [0.05, 0.1) is 0 Å². The Morgan fingerprint density at radius 1 is 1.24 bits per heavy atom. The Labute approximate surface area is 150 Å². The van der Waals surface area contributed by atoms with E-state index in [-0.39, 0.29) is 30.5 Å². The molecule has 0 saturated heterocycles. The van der Waals surface area contributed by atoms with Crippen LogP contribution in [0.5, 0.6) is 0 Å². The number of hydrogen-bond acceptors (Lipinski definition) is 4. The van der Waals surface area contributed by atoms with E-state index in [1.54, 1.807) is 18.2 Å². The second kappa shape index (κ2) is 9.29. The molecule has 7 heteroatoms. The monoisotopic (exact) mass is 363 g/mol. The number of nitrogens with two attached hydrogens (primary N) is 1. The minimum atomic E-state index is -0.659. The smallest absolute Gasteiger partial charge is 0.242 e. The van der Waals surface area contributed by atoms with Crippen molar-refractivity contribution < 1.29 is 14.0 Å². The number of rotatable bonds is 8. The van der Waals surface area contributed by atoms with Crippen molar-refractivity contribution >= 4 is 23.2 Å². The Hall–Kier alpha value is -2.25. The Kier molecular flexibility index (Phi) is 7.09. The van der Waals surface area contributed by atoms with Gasteiger partial charge in [0, 0.05) is 25.9 Å². The van der Waals surface area contributed by atoms with E-state index in [0.717, 1.165) is 5.56 Å². The van der Waals surface area contributed by atoms with Crippen LogP contribution in [0, 0.1) is 5.82 Å². The molecular weight excluding hydrogens is 341 g/mol. The number of thiophene rings is 1. The fourth-order valence-electron chi connectivity index (χ4n) is 2.54. The van der Waals surface area contributed by atoms with E-state index in [4.69, 9.17) is 5.73 Å². The summed E-state index contributed by atoms with van der Waals surface area (Å²) in [6, 6.07) is 7.08. The lowest BCUT2D eigenvalue weighted by Gasteiger charge is -2.18. The van der Waals surface area contributed by atoms with E-state index < -0.39 is 12.1 Å². The molecule has 0 saturated carbocycles. The highest BCUT2D eigenvalue weighted by Crippen LogP contribution is 2.11. The van der Waals surface area contributed by atoms with Gasteiger partial charge in [-0.25, -0.2) is 4.39 Å². The van der Waals surface area contributed by atoms with Gasteiger partial charge >= 0.3 is 0 Å². The van der Waals surface area contributed by atoms with Crippen LogP contribution < -0.4 is 16.4 Å². The molecule has 0 aliphatic carbocycles. The molecule has 0 bridgehead atoms. The number of amides is 2. The first kappa shape index (κ1) is 19.1. The SMILES string of the molecule is CNC(=O)[C@@H](Cc1ccsc1)NC(=O)C[C@H](N)Cc1ccccc1F. The molecule has 5 nitrogen and oxygen atoms in total. The topological polar surface area (TPSA) is 84.2 Å². The average Bonchev–Trinajstić information content (AvgIpc) is 3.08. The van der Waals surface area contributed by atoms with E-state index in [1.165, 1.54) is 24.5 Å². The Bertz CT molecular complexity index is 706. The van der Waals surface area contributed by atoms with Gasteiger partial charge in [-0.2, -0.15) is 11.3 Å². The van der Waals surface area contributed by atoms with Gasteiger partial charge in [-0.3, -0.25) is 9.59 Å². The summed E-state index contributed by atoms with van der Waals surface area (Å²) < 4.78 is 13.7. The van der Waals surface area contributed by atoms with Gasteiger partial charge in [0.1, 0.15) is 11.9 Å². The van der Waals surface area contributed by atoms with Crippen LogP contribution in [0.4, 0.5) is 4.39 Å². The maximum Gasteiger partial charge on any atom is 0.242 e. The molecule has 4 N–H and O–H groups in total. The minimum absolute atomic E-state index is 0.0193. The van der Waals surface area contributed by atoms with E-state index in [9.17, 15) is 14.0 Å². The van der Waals surface area contributed by atoms with Crippen molar-refractivity contribution in [2.75, 3.05) is 7.05 Å². The molecule has 2 amide bonds. The number of benzene rings is 1. The van der Waals surface area contributed by atoms with Gasteiger partial charge < -0.3 is 16.4 Å². The molecule has 2 atom stereocenters. The molecule has 25 heavy (non-hydrogen) atoms. The summed E-state index contributed by atoms with van der Waals surface area (Å²) >= 11 is 1.53. The third-order valence-corrected chi connectivity index (χ3v) is 4.54. The second-order valence-corrected chi connectivity index (χ2v) is 6.61. The molecule has 0 spiro atoms. The van der Waals surface area contributed by atoms with Gasteiger partial charge in [0.2, 0.25) is 11.8 Å². The lowest BCUT2D eigenvalue weighted by atomic mass is 10.0. The fraction of sp³-hybridized carbons (Fsp3) is 0.333. The molecule has 134 valence electrons. The summed E-state index contributed by atoms with van der Waals surface area (Å²) in [6.07, 6.45) is 0.693. The third-order valence-electron chi connectivity index (χ3n) is 3.81. The quantitative estimate of drug-likeness (QED) is 0.666. The molecule has 0 aliphatic rings. The molecule has 0 aliphatic heterocycles. The van der Waals surface area contributed by atoms with Crippen molar-refractivity contribution in [1.29, 1.82) is 0 Å². The molecule has 0 unspecified atom stereocenters. The van der Waals surface area contributed by atoms with Crippen molar-refractivity contribution in [1.82, 2.24) is 10.6 Å². The van der Waals surface area contributed by atoms with E-state index >= 15 is 0 Å². The zero-order valence-corrected chi connectivity index (χ0v) is 14.8. The maximum atomic E-state index is 13.7. The highest BCUT2D eigenvalue weighted by molar-refractivity contribution is 7.07. The van der Waals surface area contributed by atoms with Crippen molar-refractivity contribution in [3.63, 3.8) is 0 Å². The largest absolute Gasteiger partial charge is 0.357 e. The van der Waals surface area contributed by atoms with Crippen LogP contribution >= 0.6 is 11.3 Å². The lowest BCUT2D eigenvalue weighted by Crippen LogP contribution is -2.48. The van der Waals surface area contributed by atoms with Crippen molar-refractivity contribution in [3.8, 4) is 0 Å². The third kappa shape index (κ3) is 5.95. The minimum Gasteiger partial charge on any atom is -0.357 e. The number of carbonyl (C=O) groups is 2. The van der Waals surface area contributed by atoms with E-state index in [0.29, 0.717) is 12.0 Å². The number of carbonyl (C=O) groups excluding carboxylic acids is 2. The second-order valence-electron chi connectivity index (χ2n) is 5.83. The van der Waals surface area contributed by atoms with E-state index in [1.807, 2.05) is 16.8 Å². The highest BCUT2D eigenvalue weighted by Gasteiger charge is 2.21. The van der Waals surface area contributed by atoms with Gasteiger partial charge in [-0.05, 0) is 40.4 Å². The summed E-state index contributed by atoms with van der Waals surface area (Å²) in [5.41, 5.74) is 7.43. The van der Waals surface area contributed by atoms with Crippen LogP contribution in [-0.4, -0.2) is 30.9 Å². The van der Waals surface area contributed by atoms with Crippen molar-refractivity contribution in [2.24, 2.45) is 5.73 Å². The fourth-order valence-corrected chi connectivity index (χ4v) is 3.22. The van der Waals surface area contributed by atoms with Crippen LogP contribution in [0.1, 0.15) is 17.5 Å². The van der Waals surface area contributed by atoms with Crippen LogP contribution in [0.15, 0.2) is 41.1 Å². The molecule has 0 fully saturated rings. The summed E-state index contributed by atoms with van der Waals surface area (Å²) in [4.78, 5) is 24.2. The molecule has 2 aromatic rings. The van der Waals surface area contributed by atoms with Crippen molar-refractivity contribution in [3.05, 3.63) is 58.0 Å². The number of hydrogen-bond donors (Lipinski definition) is 3. The van der Waals surface area contributed by atoms with Gasteiger partial charge in [0.25, 0.3) is 0 Å². The molecule has 1 aromatic heterocycles. The van der Waals surface area contributed by atoms with Gasteiger partial charge in [0.15, 0.2) is 0 Å². The molecule has 0 radical (unpaired) electrons. The van der Waals surface area contributed by atoms with E-state index in [2.05, 4.69) is 10.6 Å². The maximum absolute atomic E-state index is 13.7. The van der Waals surface area contributed by atoms with Gasteiger partial charge in [-0.15, -0.1) is 0 Å². The Morgan fingerprint density at radius 3 is 2.64 bits per heavy atom. The molecule has 1 aromatic carbocycles. The van der Waals surface area contributed by atoms with Crippen LogP contribution in [-0.2, 0) is 22.4 Å². The van der Waals surface area contributed by atoms with Crippen molar-refractivity contribution in [2.45, 2.75) is 31.3 Å². The first-order chi connectivity index (χ1) is 12.0. The lowest BCUT2D eigenvalue weighted by molar-refractivity contribution is -0.128. The first-order valence-electron chi connectivity index (χ1n) is 8.00.